The molecule has 0 unspecified atom stereocenters. The summed E-state index contributed by atoms with van der Waals surface area (Å²) in [7, 11) is 0. The molecule has 0 N–H and O–H groups in total. The molecule has 0 aliphatic carbocycles. The van der Waals surface area contributed by atoms with Crippen LogP contribution in [0.3, 0.4) is 0 Å². The highest BCUT2D eigenvalue weighted by molar-refractivity contribution is 8.00. The first-order valence-electron chi connectivity index (χ1n) is 8.87. The summed E-state index contributed by atoms with van der Waals surface area (Å²) in [6.45, 7) is 0.406. The van der Waals surface area contributed by atoms with Gasteiger partial charge in [0.1, 0.15) is 5.82 Å². The van der Waals surface area contributed by atoms with Crippen LogP contribution in [-0.2, 0) is 11.3 Å². The molecule has 0 saturated heterocycles. The van der Waals surface area contributed by atoms with Gasteiger partial charge in [-0.25, -0.2) is 9.37 Å². The second kappa shape index (κ2) is 8.95. The first-order valence-corrected chi connectivity index (χ1v) is 11.1. The molecule has 29 heavy (non-hydrogen) atoms. The Morgan fingerprint density at radius 2 is 1.83 bits per heavy atom. The number of carbonyl (C=O) groups is 1. The van der Waals surface area contributed by atoms with E-state index in [1.807, 2.05) is 42.5 Å². The highest BCUT2D eigenvalue weighted by Crippen LogP contribution is 2.31. The van der Waals surface area contributed by atoms with Crippen molar-refractivity contribution >= 4 is 56.0 Å². The Morgan fingerprint density at radius 1 is 1.07 bits per heavy atom. The summed E-state index contributed by atoms with van der Waals surface area (Å²) >= 11 is 8.69. The summed E-state index contributed by atoms with van der Waals surface area (Å²) in [5, 5.41) is 1.23. The van der Waals surface area contributed by atoms with E-state index in [9.17, 15) is 9.18 Å². The third-order valence-corrected chi connectivity index (χ3v) is 6.52. The third-order valence-electron chi connectivity index (χ3n) is 4.23. The lowest BCUT2D eigenvalue weighted by atomic mass is 10.2. The molecule has 0 bridgehead atoms. The van der Waals surface area contributed by atoms with Crippen LogP contribution in [0.4, 0.5) is 9.52 Å². The van der Waals surface area contributed by atoms with Crippen LogP contribution in [0.15, 0.2) is 77.7 Å². The van der Waals surface area contributed by atoms with Crippen LogP contribution in [0.2, 0.25) is 5.02 Å². The zero-order valence-corrected chi connectivity index (χ0v) is 17.6. The number of hydrogen-bond acceptors (Lipinski definition) is 4. The van der Waals surface area contributed by atoms with Gasteiger partial charge in [-0.05, 0) is 48.0 Å². The van der Waals surface area contributed by atoms with Crippen LogP contribution in [0.5, 0.6) is 0 Å². The van der Waals surface area contributed by atoms with Gasteiger partial charge in [0, 0.05) is 9.92 Å². The van der Waals surface area contributed by atoms with Crippen molar-refractivity contribution in [3.63, 3.8) is 0 Å². The van der Waals surface area contributed by atoms with E-state index in [1.165, 1.54) is 35.2 Å². The Morgan fingerprint density at radius 3 is 2.59 bits per heavy atom. The number of halogens is 2. The summed E-state index contributed by atoms with van der Waals surface area (Å²) in [5.74, 6) is -0.112. The predicted octanol–water partition coefficient (Wildman–Crippen LogP) is 6.41. The number of fused-ring (bicyclic) bond motifs is 1. The topological polar surface area (TPSA) is 33.2 Å². The van der Waals surface area contributed by atoms with E-state index in [2.05, 4.69) is 4.98 Å². The number of hydrogen-bond donors (Lipinski definition) is 0. The summed E-state index contributed by atoms with van der Waals surface area (Å²) in [5.41, 5.74) is 1.69. The van der Waals surface area contributed by atoms with Crippen molar-refractivity contribution in [2.45, 2.75) is 11.4 Å². The van der Waals surface area contributed by atoms with E-state index in [0.29, 0.717) is 22.2 Å². The van der Waals surface area contributed by atoms with Crippen molar-refractivity contribution in [2.24, 2.45) is 0 Å². The van der Waals surface area contributed by atoms with Crippen LogP contribution in [-0.4, -0.2) is 16.6 Å². The number of nitrogens with zero attached hydrogens (tertiary/aromatic N) is 2. The number of anilines is 1. The van der Waals surface area contributed by atoms with E-state index in [-0.39, 0.29) is 17.5 Å². The Labute approximate surface area is 181 Å². The average molecular weight is 443 g/mol. The standard InChI is InChI=1S/C22H16ClFN2OS2/c23-16-6-9-18(10-7-16)28-14-21(27)26(13-15-4-2-1-3-5-15)22-25-19-11-8-17(24)12-20(19)29-22/h1-12H,13-14H2. The SMILES string of the molecule is O=C(CSc1ccc(Cl)cc1)N(Cc1ccccc1)c1nc2ccc(F)cc2s1. The Bertz CT molecular complexity index is 1130. The van der Waals surface area contributed by atoms with E-state index in [4.69, 9.17) is 11.6 Å². The zero-order valence-electron chi connectivity index (χ0n) is 15.2. The summed E-state index contributed by atoms with van der Waals surface area (Å²) < 4.78 is 14.3. The van der Waals surface area contributed by atoms with Gasteiger partial charge in [-0.1, -0.05) is 53.3 Å². The van der Waals surface area contributed by atoms with Crippen LogP contribution in [0.1, 0.15) is 5.56 Å². The molecule has 1 aromatic heterocycles. The minimum Gasteiger partial charge on any atom is -0.283 e. The molecule has 1 heterocycles. The molecule has 1 amide bonds. The molecule has 4 rings (SSSR count). The number of thiazole rings is 1. The van der Waals surface area contributed by atoms with Crippen molar-refractivity contribution < 1.29 is 9.18 Å². The summed E-state index contributed by atoms with van der Waals surface area (Å²) in [6.07, 6.45) is 0. The minimum atomic E-state index is -0.313. The lowest BCUT2D eigenvalue weighted by Gasteiger charge is -2.20. The van der Waals surface area contributed by atoms with Gasteiger partial charge in [0.05, 0.1) is 22.5 Å². The summed E-state index contributed by atoms with van der Waals surface area (Å²) in [6, 6.07) is 21.6. The molecule has 3 aromatic carbocycles. The van der Waals surface area contributed by atoms with Crippen molar-refractivity contribution in [2.75, 3.05) is 10.7 Å². The van der Waals surface area contributed by atoms with Crippen molar-refractivity contribution in [1.29, 1.82) is 0 Å². The second-order valence-electron chi connectivity index (χ2n) is 6.32. The fraction of sp³-hybridized carbons (Fsp3) is 0.0909. The molecular formula is C22H16ClFN2OS2. The molecule has 0 aliphatic heterocycles. The average Bonchev–Trinajstić information content (AvgIpc) is 3.15. The number of thioether (sulfide) groups is 1. The Balaban J connectivity index is 1.59. The third kappa shape index (κ3) is 4.96. The van der Waals surface area contributed by atoms with Gasteiger partial charge in [0.25, 0.3) is 0 Å². The van der Waals surface area contributed by atoms with E-state index < -0.39 is 0 Å². The second-order valence-corrected chi connectivity index (χ2v) is 8.81. The molecule has 146 valence electrons. The van der Waals surface area contributed by atoms with Crippen LogP contribution < -0.4 is 4.90 Å². The monoisotopic (exact) mass is 442 g/mol. The Kier molecular flexibility index (Phi) is 6.13. The normalized spacial score (nSPS) is 11.0. The van der Waals surface area contributed by atoms with E-state index >= 15 is 0 Å². The lowest BCUT2D eigenvalue weighted by molar-refractivity contribution is -0.116. The highest BCUT2D eigenvalue weighted by atomic mass is 35.5. The van der Waals surface area contributed by atoms with Crippen LogP contribution >= 0.6 is 34.7 Å². The maximum absolute atomic E-state index is 13.6. The number of amides is 1. The van der Waals surface area contributed by atoms with Crippen molar-refractivity contribution in [3.05, 3.63) is 89.2 Å². The molecule has 0 fully saturated rings. The van der Waals surface area contributed by atoms with Gasteiger partial charge in [-0.3, -0.25) is 9.69 Å². The van der Waals surface area contributed by atoms with Gasteiger partial charge < -0.3 is 0 Å². The molecule has 4 aromatic rings. The molecule has 0 radical (unpaired) electrons. The number of rotatable bonds is 6. The quantitative estimate of drug-likeness (QED) is 0.323. The maximum atomic E-state index is 13.6. The molecule has 0 saturated carbocycles. The van der Waals surface area contributed by atoms with Crippen LogP contribution in [0.25, 0.3) is 10.2 Å². The van der Waals surface area contributed by atoms with Gasteiger partial charge in [-0.2, -0.15) is 0 Å². The molecule has 0 spiro atoms. The molecular weight excluding hydrogens is 427 g/mol. The van der Waals surface area contributed by atoms with Gasteiger partial charge in [0.2, 0.25) is 5.91 Å². The van der Waals surface area contributed by atoms with Gasteiger partial charge in [-0.15, -0.1) is 11.8 Å². The first kappa shape index (κ1) is 19.9. The van der Waals surface area contributed by atoms with Crippen molar-refractivity contribution in [1.82, 2.24) is 4.98 Å². The number of benzene rings is 3. The number of aromatic nitrogens is 1. The smallest absolute Gasteiger partial charge is 0.239 e. The fourth-order valence-electron chi connectivity index (χ4n) is 2.78. The summed E-state index contributed by atoms with van der Waals surface area (Å²) in [4.78, 5) is 20.3. The molecule has 0 aliphatic rings. The Hall–Kier alpha value is -2.41. The maximum Gasteiger partial charge on any atom is 0.239 e. The van der Waals surface area contributed by atoms with E-state index in [1.54, 1.807) is 23.1 Å². The number of carbonyl (C=O) groups excluding carboxylic acids is 1. The largest absolute Gasteiger partial charge is 0.283 e. The molecule has 7 heteroatoms. The molecule has 0 atom stereocenters. The fourth-order valence-corrected chi connectivity index (χ4v) is 4.69. The minimum absolute atomic E-state index is 0.0617. The van der Waals surface area contributed by atoms with Gasteiger partial charge >= 0.3 is 0 Å². The first-order chi connectivity index (χ1) is 14.1. The van der Waals surface area contributed by atoms with E-state index in [0.717, 1.165) is 15.2 Å². The van der Waals surface area contributed by atoms with Crippen molar-refractivity contribution in [3.8, 4) is 0 Å². The highest BCUT2D eigenvalue weighted by Gasteiger charge is 2.20. The zero-order chi connectivity index (χ0) is 20.2. The molecule has 3 nitrogen and oxygen atoms in total. The van der Waals surface area contributed by atoms with Gasteiger partial charge in [0.15, 0.2) is 5.13 Å². The predicted molar refractivity (Wildman–Crippen MR) is 119 cm³/mol. The lowest BCUT2D eigenvalue weighted by Crippen LogP contribution is -2.31. The van der Waals surface area contributed by atoms with Crippen LogP contribution in [0, 0.1) is 5.82 Å².